The van der Waals surface area contributed by atoms with Crippen molar-refractivity contribution < 1.29 is 4.79 Å². The molecule has 2 aliphatic heterocycles. The number of nitrogens with zero attached hydrogens (tertiary/aromatic N) is 4. The topological polar surface area (TPSA) is 41.4 Å². The number of carbonyl (C=O) groups is 1. The molecule has 2 aromatic rings. The van der Waals surface area contributed by atoms with Crippen molar-refractivity contribution in [2.24, 2.45) is 0 Å². The Labute approximate surface area is 136 Å². The number of hydrogen-bond donors (Lipinski definition) is 0. The molecule has 0 aliphatic carbocycles. The smallest absolute Gasteiger partial charge is 0.253 e. The van der Waals surface area contributed by atoms with Crippen LogP contribution in [0.5, 0.6) is 0 Å². The van der Waals surface area contributed by atoms with Crippen LogP contribution in [0.15, 0.2) is 42.9 Å². The lowest BCUT2D eigenvalue weighted by Crippen LogP contribution is -2.48. The fourth-order valence-electron chi connectivity index (χ4n) is 3.76. The fourth-order valence-corrected chi connectivity index (χ4v) is 3.76. The molecule has 23 heavy (non-hydrogen) atoms. The number of likely N-dealkylation sites (tertiary alicyclic amines) is 1. The first kappa shape index (κ1) is 14.5. The van der Waals surface area contributed by atoms with Gasteiger partial charge in [0.15, 0.2) is 0 Å². The lowest BCUT2D eigenvalue weighted by Gasteiger charge is -2.40. The molecular formula is C18H22N4O. The largest absolute Gasteiger partial charge is 0.349 e. The van der Waals surface area contributed by atoms with Gasteiger partial charge in [-0.3, -0.25) is 14.7 Å². The third kappa shape index (κ3) is 2.88. The van der Waals surface area contributed by atoms with Crippen LogP contribution in [0.25, 0.3) is 0 Å². The molecule has 0 radical (unpaired) electrons. The summed E-state index contributed by atoms with van der Waals surface area (Å²) in [6.45, 7) is 4.94. The van der Waals surface area contributed by atoms with E-state index >= 15 is 0 Å². The van der Waals surface area contributed by atoms with Gasteiger partial charge in [0.05, 0.1) is 0 Å². The Kier molecular flexibility index (Phi) is 3.87. The molecule has 2 aliphatic rings. The number of aromatic nitrogens is 2. The van der Waals surface area contributed by atoms with Crippen molar-refractivity contribution in [1.82, 2.24) is 19.4 Å². The van der Waals surface area contributed by atoms with E-state index in [1.165, 1.54) is 5.69 Å². The Hall–Kier alpha value is -2.14. The quantitative estimate of drug-likeness (QED) is 0.852. The Morgan fingerprint density at radius 1 is 1.04 bits per heavy atom. The monoisotopic (exact) mass is 310 g/mol. The summed E-state index contributed by atoms with van der Waals surface area (Å²) >= 11 is 0. The highest BCUT2D eigenvalue weighted by atomic mass is 16.2. The summed E-state index contributed by atoms with van der Waals surface area (Å²) in [6, 6.07) is 8.55. The number of amides is 1. The van der Waals surface area contributed by atoms with Crippen LogP contribution in [-0.2, 0) is 13.1 Å². The van der Waals surface area contributed by atoms with Crippen molar-refractivity contribution in [3.05, 3.63) is 54.1 Å². The first-order valence-corrected chi connectivity index (χ1v) is 8.38. The van der Waals surface area contributed by atoms with Gasteiger partial charge in [0.1, 0.15) is 0 Å². The molecule has 5 heteroatoms. The van der Waals surface area contributed by atoms with E-state index in [1.54, 1.807) is 24.5 Å². The SMILES string of the molecule is O=C(c1ccncc1)N1CCC(N2CCn3cccc3C2)CC1. The minimum atomic E-state index is 0.137. The molecule has 4 rings (SSSR count). The molecule has 1 amide bonds. The third-order valence-corrected chi connectivity index (χ3v) is 5.11. The van der Waals surface area contributed by atoms with Gasteiger partial charge in [0.2, 0.25) is 0 Å². The van der Waals surface area contributed by atoms with Gasteiger partial charge in [-0.2, -0.15) is 0 Å². The van der Waals surface area contributed by atoms with E-state index in [9.17, 15) is 4.79 Å². The average molecular weight is 310 g/mol. The molecular weight excluding hydrogens is 288 g/mol. The second-order valence-electron chi connectivity index (χ2n) is 6.42. The second-order valence-corrected chi connectivity index (χ2v) is 6.42. The van der Waals surface area contributed by atoms with Crippen LogP contribution in [-0.4, -0.2) is 50.9 Å². The maximum atomic E-state index is 12.5. The van der Waals surface area contributed by atoms with E-state index in [2.05, 4.69) is 32.8 Å². The highest BCUT2D eigenvalue weighted by molar-refractivity contribution is 5.94. The Bertz CT molecular complexity index is 673. The number of rotatable bonds is 2. The lowest BCUT2D eigenvalue weighted by atomic mass is 10.0. The maximum absolute atomic E-state index is 12.5. The molecule has 0 N–H and O–H groups in total. The molecule has 0 aromatic carbocycles. The van der Waals surface area contributed by atoms with Crippen LogP contribution in [0.3, 0.4) is 0 Å². The number of fused-ring (bicyclic) bond motifs is 1. The lowest BCUT2D eigenvalue weighted by molar-refractivity contribution is 0.0575. The van der Waals surface area contributed by atoms with E-state index in [4.69, 9.17) is 0 Å². The van der Waals surface area contributed by atoms with Crippen LogP contribution in [0.4, 0.5) is 0 Å². The van der Waals surface area contributed by atoms with Crippen LogP contribution in [0, 0.1) is 0 Å². The average Bonchev–Trinajstić information content (AvgIpc) is 3.10. The highest BCUT2D eigenvalue weighted by Crippen LogP contribution is 2.23. The van der Waals surface area contributed by atoms with E-state index in [-0.39, 0.29) is 5.91 Å². The number of hydrogen-bond acceptors (Lipinski definition) is 3. The minimum absolute atomic E-state index is 0.137. The normalized spacial score (nSPS) is 19.6. The third-order valence-electron chi connectivity index (χ3n) is 5.11. The molecule has 0 saturated carbocycles. The zero-order chi connectivity index (χ0) is 15.6. The molecule has 0 unspecified atom stereocenters. The van der Waals surface area contributed by atoms with E-state index < -0.39 is 0 Å². The zero-order valence-corrected chi connectivity index (χ0v) is 13.3. The van der Waals surface area contributed by atoms with Gasteiger partial charge in [-0.15, -0.1) is 0 Å². The number of carbonyl (C=O) groups excluding carboxylic acids is 1. The minimum Gasteiger partial charge on any atom is -0.349 e. The van der Waals surface area contributed by atoms with Crippen molar-refractivity contribution in [1.29, 1.82) is 0 Å². The Balaban J connectivity index is 1.36. The summed E-state index contributed by atoms with van der Waals surface area (Å²) in [5.41, 5.74) is 2.15. The number of pyridine rings is 1. The van der Waals surface area contributed by atoms with E-state index in [1.807, 2.05) is 4.90 Å². The molecule has 2 aromatic heterocycles. The van der Waals surface area contributed by atoms with Crippen LogP contribution >= 0.6 is 0 Å². The summed E-state index contributed by atoms with van der Waals surface area (Å²) in [6.07, 6.45) is 7.67. The Morgan fingerprint density at radius 3 is 2.61 bits per heavy atom. The van der Waals surface area contributed by atoms with Crippen molar-refractivity contribution in [3.8, 4) is 0 Å². The Morgan fingerprint density at radius 2 is 1.83 bits per heavy atom. The maximum Gasteiger partial charge on any atom is 0.253 e. The van der Waals surface area contributed by atoms with Gasteiger partial charge in [-0.25, -0.2) is 0 Å². The highest BCUT2D eigenvalue weighted by Gasteiger charge is 2.29. The van der Waals surface area contributed by atoms with E-state index in [0.29, 0.717) is 6.04 Å². The molecule has 0 atom stereocenters. The molecule has 0 spiro atoms. The molecule has 4 heterocycles. The summed E-state index contributed by atoms with van der Waals surface area (Å²) < 4.78 is 2.35. The van der Waals surface area contributed by atoms with Crippen LogP contribution in [0.1, 0.15) is 28.9 Å². The first-order valence-electron chi connectivity index (χ1n) is 8.38. The van der Waals surface area contributed by atoms with Crippen molar-refractivity contribution in [3.63, 3.8) is 0 Å². The molecule has 0 bridgehead atoms. The van der Waals surface area contributed by atoms with Crippen LogP contribution in [0.2, 0.25) is 0 Å². The van der Waals surface area contributed by atoms with Gasteiger partial charge >= 0.3 is 0 Å². The summed E-state index contributed by atoms with van der Waals surface area (Å²) in [5, 5.41) is 0. The first-order chi connectivity index (χ1) is 11.3. The molecule has 5 nitrogen and oxygen atoms in total. The van der Waals surface area contributed by atoms with Gasteiger partial charge in [0.25, 0.3) is 5.91 Å². The van der Waals surface area contributed by atoms with Crippen LogP contribution < -0.4 is 0 Å². The van der Waals surface area contributed by atoms with Gasteiger partial charge in [-0.1, -0.05) is 0 Å². The fraction of sp³-hybridized carbons (Fsp3) is 0.444. The zero-order valence-electron chi connectivity index (χ0n) is 13.3. The van der Waals surface area contributed by atoms with Crippen molar-refractivity contribution in [2.75, 3.05) is 19.6 Å². The predicted molar refractivity (Wildman–Crippen MR) is 88.0 cm³/mol. The van der Waals surface area contributed by atoms with E-state index in [0.717, 1.165) is 51.1 Å². The van der Waals surface area contributed by atoms with Gasteiger partial charge < -0.3 is 9.47 Å². The van der Waals surface area contributed by atoms with Gasteiger partial charge in [0, 0.05) is 68.6 Å². The molecule has 1 saturated heterocycles. The van der Waals surface area contributed by atoms with Crippen molar-refractivity contribution >= 4 is 5.91 Å². The number of piperidine rings is 1. The van der Waals surface area contributed by atoms with Gasteiger partial charge in [-0.05, 0) is 37.1 Å². The summed E-state index contributed by atoms with van der Waals surface area (Å²) in [4.78, 5) is 21.0. The summed E-state index contributed by atoms with van der Waals surface area (Å²) in [5.74, 6) is 0.137. The van der Waals surface area contributed by atoms with Crippen molar-refractivity contribution in [2.45, 2.75) is 32.0 Å². The molecule has 120 valence electrons. The standard InChI is InChI=1S/C18H22N4O/c23-18(15-3-7-19-8-4-15)21-10-5-16(6-11-21)22-13-12-20-9-1-2-17(20)14-22/h1-4,7-9,16H,5-6,10-14H2. The second kappa shape index (κ2) is 6.16. The molecule has 1 fully saturated rings. The predicted octanol–water partition coefficient (Wildman–Crippen LogP) is 2.00. The summed E-state index contributed by atoms with van der Waals surface area (Å²) in [7, 11) is 0.